The molecule has 0 aromatic carbocycles. The number of unbranched alkanes of at least 4 members (excludes halogenated alkanes) is 1. The molecule has 1 aliphatic rings. The van der Waals surface area contributed by atoms with Crippen LogP contribution in [0.1, 0.15) is 65.7 Å². The Hall–Kier alpha value is -1.06. The summed E-state index contributed by atoms with van der Waals surface area (Å²) in [5.74, 6) is -0.190. The van der Waals surface area contributed by atoms with Crippen molar-refractivity contribution in [2.24, 2.45) is 11.8 Å². The van der Waals surface area contributed by atoms with Gasteiger partial charge in [-0.15, -0.1) is 0 Å². The van der Waals surface area contributed by atoms with Crippen LogP contribution in [0, 0.1) is 11.8 Å². The van der Waals surface area contributed by atoms with Crippen LogP contribution < -0.4 is 0 Å². The summed E-state index contributed by atoms with van der Waals surface area (Å²) < 4.78 is 0. The first kappa shape index (κ1) is 17.0. The summed E-state index contributed by atoms with van der Waals surface area (Å²) in [4.78, 5) is 25.1. The fourth-order valence-corrected chi connectivity index (χ4v) is 2.88. The summed E-state index contributed by atoms with van der Waals surface area (Å²) in [5.41, 5.74) is -1.13. The Morgan fingerprint density at radius 3 is 2.20 bits per heavy atom. The highest BCUT2D eigenvalue weighted by atomic mass is 16.4. The molecule has 0 aliphatic heterocycles. The first-order valence-electron chi connectivity index (χ1n) is 7.81. The normalized spacial score (nSPS) is 23.4. The smallest absolute Gasteiger partial charge is 0.329 e. The fraction of sp³-hybridized carbons (Fsp3) is 0.875. The second-order valence-electron chi connectivity index (χ2n) is 6.62. The van der Waals surface area contributed by atoms with E-state index in [1.165, 1.54) is 24.2 Å². The van der Waals surface area contributed by atoms with Crippen LogP contribution in [0.2, 0.25) is 0 Å². The average molecular weight is 283 g/mol. The van der Waals surface area contributed by atoms with Gasteiger partial charge in [-0.1, -0.05) is 26.2 Å². The lowest BCUT2D eigenvalue weighted by Gasteiger charge is -2.36. The second-order valence-corrected chi connectivity index (χ2v) is 6.62. The van der Waals surface area contributed by atoms with Crippen molar-refractivity contribution in [3.8, 4) is 0 Å². The van der Waals surface area contributed by atoms with E-state index in [0.29, 0.717) is 0 Å². The van der Waals surface area contributed by atoms with E-state index in [0.717, 1.165) is 31.6 Å². The van der Waals surface area contributed by atoms with Crippen LogP contribution in [0.15, 0.2) is 0 Å². The Morgan fingerprint density at radius 1 is 1.20 bits per heavy atom. The number of carbonyl (C=O) groups excluding carboxylic acids is 1. The van der Waals surface area contributed by atoms with Gasteiger partial charge in [0.1, 0.15) is 5.54 Å². The van der Waals surface area contributed by atoms with Crippen molar-refractivity contribution in [1.82, 2.24) is 4.90 Å². The molecule has 1 rings (SSSR count). The Morgan fingerprint density at radius 2 is 1.75 bits per heavy atom. The van der Waals surface area contributed by atoms with E-state index in [1.54, 1.807) is 20.9 Å². The zero-order valence-electron chi connectivity index (χ0n) is 13.3. The second kappa shape index (κ2) is 7.09. The number of aliphatic carboxylic acids is 1. The summed E-state index contributed by atoms with van der Waals surface area (Å²) in [6, 6.07) is 0. The molecule has 20 heavy (non-hydrogen) atoms. The first-order valence-corrected chi connectivity index (χ1v) is 7.81. The number of carbonyl (C=O) groups is 2. The summed E-state index contributed by atoms with van der Waals surface area (Å²) in [6.07, 6.45) is 7.81. The van der Waals surface area contributed by atoms with Crippen LogP contribution >= 0.6 is 0 Å². The molecule has 0 aromatic rings. The van der Waals surface area contributed by atoms with Crippen LogP contribution in [0.5, 0.6) is 0 Å². The summed E-state index contributed by atoms with van der Waals surface area (Å²) in [6.45, 7) is 5.37. The van der Waals surface area contributed by atoms with E-state index in [4.69, 9.17) is 0 Å². The number of likely N-dealkylation sites (N-methyl/N-ethyl adjacent to an activating group) is 1. The Labute approximate surface area is 122 Å². The minimum Gasteiger partial charge on any atom is -0.480 e. The standard InChI is InChI=1S/C16H29NO3/c1-5-6-7-12-8-10-13(11-9-12)14(18)17(4)16(2,3)15(19)20/h12-13H,5-11H2,1-4H3,(H,19,20). The number of amides is 1. The topological polar surface area (TPSA) is 57.6 Å². The Balaban J connectivity index is 2.52. The molecule has 0 unspecified atom stereocenters. The van der Waals surface area contributed by atoms with Crippen molar-refractivity contribution in [3.63, 3.8) is 0 Å². The van der Waals surface area contributed by atoms with Gasteiger partial charge < -0.3 is 10.0 Å². The van der Waals surface area contributed by atoms with Crippen molar-refractivity contribution in [1.29, 1.82) is 0 Å². The minimum absolute atomic E-state index is 0.00802. The summed E-state index contributed by atoms with van der Waals surface area (Å²) >= 11 is 0. The number of hydrogen-bond donors (Lipinski definition) is 1. The van der Waals surface area contributed by atoms with Crippen molar-refractivity contribution in [2.45, 2.75) is 71.3 Å². The van der Waals surface area contributed by atoms with E-state index in [9.17, 15) is 14.7 Å². The zero-order valence-corrected chi connectivity index (χ0v) is 13.3. The molecule has 1 saturated carbocycles. The predicted molar refractivity (Wildman–Crippen MR) is 79.5 cm³/mol. The SMILES string of the molecule is CCCCC1CCC(C(=O)N(C)C(C)(C)C(=O)O)CC1. The number of rotatable bonds is 6. The van der Waals surface area contributed by atoms with Gasteiger partial charge in [-0.05, 0) is 45.4 Å². The maximum absolute atomic E-state index is 12.4. The van der Waals surface area contributed by atoms with Gasteiger partial charge in [-0.3, -0.25) is 4.79 Å². The predicted octanol–water partition coefficient (Wildman–Crippen LogP) is 3.30. The third-order valence-electron chi connectivity index (χ3n) is 4.85. The van der Waals surface area contributed by atoms with E-state index >= 15 is 0 Å². The summed E-state index contributed by atoms with van der Waals surface area (Å²) in [5, 5.41) is 9.20. The molecule has 0 radical (unpaired) electrons. The van der Waals surface area contributed by atoms with Crippen LogP contribution in [0.4, 0.5) is 0 Å². The number of carboxylic acid groups (broad SMARTS) is 1. The van der Waals surface area contributed by atoms with Gasteiger partial charge in [0.25, 0.3) is 0 Å². The third-order valence-corrected chi connectivity index (χ3v) is 4.85. The van der Waals surface area contributed by atoms with Crippen LogP contribution in [0.3, 0.4) is 0 Å². The number of nitrogens with zero attached hydrogens (tertiary/aromatic N) is 1. The lowest BCUT2D eigenvalue weighted by Crippen LogP contribution is -2.52. The number of carboxylic acids is 1. The molecule has 4 nitrogen and oxygen atoms in total. The lowest BCUT2D eigenvalue weighted by atomic mass is 9.79. The van der Waals surface area contributed by atoms with Gasteiger partial charge in [-0.25, -0.2) is 4.79 Å². The Bertz CT molecular complexity index is 344. The van der Waals surface area contributed by atoms with Gasteiger partial charge in [0.15, 0.2) is 0 Å². The maximum Gasteiger partial charge on any atom is 0.329 e. The molecule has 1 amide bonds. The van der Waals surface area contributed by atoms with Gasteiger partial charge in [0.2, 0.25) is 5.91 Å². The van der Waals surface area contributed by atoms with Gasteiger partial charge in [-0.2, -0.15) is 0 Å². The largest absolute Gasteiger partial charge is 0.480 e. The van der Waals surface area contributed by atoms with E-state index in [1.807, 2.05) is 0 Å². The maximum atomic E-state index is 12.4. The van der Waals surface area contributed by atoms with Gasteiger partial charge in [0, 0.05) is 13.0 Å². The molecular weight excluding hydrogens is 254 g/mol. The highest BCUT2D eigenvalue weighted by Gasteiger charge is 2.38. The van der Waals surface area contributed by atoms with E-state index in [2.05, 4.69) is 6.92 Å². The molecule has 0 atom stereocenters. The molecule has 1 N–H and O–H groups in total. The molecule has 1 aliphatic carbocycles. The Kier molecular flexibility index (Phi) is 6.03. The number of hydrogen-bond acceptors (Lipinski definition) is 2. The molecule has 0 saturated heterocycles. The van der Waals surface area contributed by atoms with Gasteiger partial charge >= 0.3 is 5.97 Å². The molecule has 0 spiro atoms. The van der Waals surface area contributed by atoms with Crippen molar-refractivity contribution in [2.75, 3.05) is 7.05 Å². The molecule has 116 valence electrons. The van der Waals surface area contributed by atoms with Gasteiger partial charge in [0.05, 0.1) is 0 Å². The fourth-order valence-electron chi connectivity index (χ4n) is 2.88. The molecule has 0 bridgehead atoms. The first-order chi connectivity index (χ1) is 9.30. The van der Waals surface area contributed by atoms with Crippen molar-refractivity contribution < 1.29 is 14.7 Å². The molecule has 0 heterocycles. The molecular formula is C16H29NO3. The minimum atomic E-state index is -1.13. The van der Waals surface area contributed by atoms with E-state index in [-0.39, 0.29) is 11.8 Å². The highest BCUT2D eigenvalue weighted by Crippen LogP contribution is 2.33. The van der Waals surface area contributed by atoms with Crippen LogP contribution in [-0.4, -0.2) is 34.5 Å². The molecule has 0 aromatic heterocycles. The average Bonchev–Trinajstić information content (AvgIpc) is 2.43. The van der Waals surface area contributed by atoms with Crippen molar-refractivity contribution >= 4 is 11.9 Å². The van der Waals surface area contributed by atoms with Crippen LogP contribution in [0.25, 0.3) is 0 Å². The monoisotopic (exact) mass is 283 g/mol. The quantitative estimate of drug-likeness (QED) is 0.813. The highest BCUT2D eigenvalue weighted by molar-refractivity contribution is 5.87. The zero-order chi connectivity index (χ0) is 15.3. The van der Waals surface area contributed by atoms with Crippen molar-refractivity contribution in [3.05, 3.63) is 0 Å². The molecule has 1 fully saturated rings. The van der Waals surface area contributed by atoms with Crippen LogP contribution in [-0.2, 0) is 9.59 Å². The summed E-state index contributed by atoms with van der Waals surface area (Å²) in [7, 11) is 1.61. The molecule has 4 heteroatoms. The van der Waals surface area contributed by atoms with E-state index < -0.39 is 11.5 Å². The third kappa shape index (κ3) is 3.97. The lowest BCUT2D eigenvalue weighted by molar-refractivity contribution is -0.157.